The van der Waals surface area contributed by atoms with E-state index >= 15 is 0 Å². The summed E-state index contributed by atoms with van der Waals surface area (Å²) in [4.78, 5) is 7.29. The Bertz CT molecular complexity index is 255. The van der Waals surface area contributed by atoms with Gasteiger partial charge in [0.2, 0.25) is 0 Å². The number of aromatic nitrogens is 2. The van der Waals surface area contributed by atoms with Crippen LogP contribution in [-0.2, 0) is 11.2 Å². The molecule has 0 bridgehead atoms. The minimum Gasteiger partial charge on any atom is -0.381 e. The van der Waals surface area contributed by atoms with Gasteiger partial charge in [-0.25, -0.2) is 4.98 Å². The quantitative estimate of drug-likeness (QED) is 0.710. The lowest BCUT2D eigenvalue weighted by Gasteiger charge is -2.22. The highest BCUT2D eigenvalue weighted by Crippen LogP contribution is 2.12. The number of rotatable bonds is 5. The molecule has 84 valence electrons. The summed E-state index contributed by atoms with van der Waals surface area (Å²) in [7, 11) is 0. The average Bonchev–Trinajstić information content (AvgIpc) is 2.79. The number of H-pyrrole nitrogens is 1. The molecule has 1 fully saturated rings. The molecule has 4 heteroatoms. The first-order valence-corrected chi connectivity index (χ1v) is 5.72. The van der Waals surface area contributed by atoms with E-state index in [-0.39, 0.29) is 0 Å². The zero-order valence-electron chi connectivity index (χ0n) is 9.04. The van der Waals surface area contributed by atoms with Crippen molar-refractivity contribution in [3.05, 3.63) is 18.2 Å². The van der Waals surface area contributed by atoms with Gasteiger partial charge in [-0.15, -0.1) is 0 Å². The van der Waals surface area contributed by atoms with Gasteiger partial charge in [0, 0.05) is 38.6 Å². The topological polar surface area (TPSA) is 49.9 Å². The molecule has 1 aliphatic rings. The van der Waals surface area contributed by atoms with E-state index in [1.165, 1.54) is 12.8 Å². The van der Waals surface area contributed by atoms with Crippen molar-refractivity contribution in [2.75, 3.05) is 26.3 Å². The molecule has 4 nitrogen and oxygen atoms in total. The average molecular weight is 209 g/mol. The van der Waals surface area contributed by atoms with E-state index in [4.69, 9.17) is 4.74 Å². The minimum absolute atomic E-state index is 0.801. The predicted octanol–water partition coefficient (Wildman–Crippen LogP) is 0.968. The normalized spacial score (nSPS) is 18.1. The Hall–Kier alpha value is -0.870. The van der Waals surface area contributed by atoms with Crippen LogP contribution in [0.25, 0.3) is 0 Å². The van der Waals surface area contributed by atoms with Crippen molar-refractivity contribution in [1.29, 1.82) is 0 Å². The highest BCUT2D eigenvalue weighted by Gasteiger charge is 2.12. The molecule has 2 N–H and O–H groups in total. The Labute approximate surface area is 90.4 Å². The lowest BCUT2D eigenvalue weighted by Crippen LogP contribution is -2.29. The van der Waals surface area contributed by atoms with E-state index < -0.39 is 0 Å². The standard InChI is InChI=1S/C11H19N3O/c1(11-13-5-6-14-11)4-12-9-10-2-7-15-8-3-10/h5-6,10,12H,1-4,7-9H2,(H,13,14). The smallest absolute Gasteiger partial charge is 0.107 e. The second-order valence-electron chi connectivity index (χ2n) is 4.05. The fourth-order valence-corrected chi connectivity index (χ4v) is 1.90. The van der Waals surface area contributed by atoms with Gasteiger partial charge in [0.1, 0.15) is 5.82 Å². The van der Waals surface area contributed by atoms with Crippen molar-refractivity contribution >= 4 is 0 Å². The second kappa shape index (κ2) is 5.88. The van der Waals surface area contributed by atoms with E-state index in [2.05, 4.69) is 15.3 Å². The summed E-state index contributed by atoms with van der Waals surface area (Å²) in [5, 5.41) is 3.48. The fourth-order valence-electron chi connectivity index (χ4n) is 1.90. The molecule has 1 aromatic heterocycles. The summed E-state index contributed by atoms with van der Waals surface area (Å²) in [6.07, 6.45) is 7.05. The first kappa shape index (κ1) is 10.6. The number of nitrogens with zero attached hydrogens (tertiary/aromatic N) is 1. The van der Waals surface area contributed by atoms with Crippen LogP contribution >= 0.6 is 0 Å². The van der Waals surface area contributed by atoms with Crippen LogP contribution in [0.15, 0.2) is 12.4 Å². The monoisotopic (exact) mass is 209 g/mol. The number of hydrogen-bond donors (Lipinski definition) is 2. The van der Waals surface area contributed by atoms with Crippen LogP contribution in [0.3, 0.4) is 0 Å². The Morgan fingerprint density at radius 3 is 3.07 bits per heavy atom. The largest absolute Gasteiger partial charge is 0.381 e. The number of ether oxygens (including phenoxy) is 1. The van der Waals surface area contributed by atoms with Gasteiger partial charge in [0.05, 0.1) is 0 Å². The predicted molar refractivity (Wildman–Crippen MR) is 58.7 cm³/mol. The van der Waals surface area contributed by atoms with Crippen LogP contribution in [0, 0.1) is 5.92 Å². The zero-order chi connectivity index (χ0) is 10.3. The minimum atomic E-state index is 0.801. The summed E-state index contributed by atoms with van der Waals surface area (Å²) in [6, 6.07) is 0. The molecule has 0 radical (unpaired) electrons. The van der Waals surface area contributed by atoms with Crippen LogP contribution in [0.4, 0.5) is 0 Å². The van der Waals surface area contributed by atoms with Crippen molar-refractivity contribution in [3.63, 3.8) is 0 Å². The van der Waals surface area contributed by atoms with Gasteiger partial charge in [0.25, 0.3) is 0 Å². The molecule has 1 aliphatic heterocycles. The molecule has 0 aromatic carbocycles. The summed E-state index contributed by atoms with van der Waals surface area (Å²) in [6.45, 7) is 3.99. The maximum Gasteiger partial charge on any atom is 0.107 e. The van der Waals surface area contributed by atoms with Crippen molar-refractivity contribution in [3.8, 4) is 0 Å². The number of nitrogens with one attached hydrogen (secondary N) is 2. The van der Waals surface area contributed by atoms with Crippen molar-refractivity contribution < 1.29 is 4.74 Å². The molecule has 0 spiro atoms. The molecule has 0 unspecified atom stereocenters. The molecule has 0 aliphatic carbocycles. The highest BCUT2D eigenvalue weighted by molar-refractivity contribution is 4.87. The van der Waals surface area contributed by atoms with Gasteiger partial charge in [-0.3, -0.25) is 0 Å². The maximum atomic E-state index is 5.32. The molecule has 1 saturated heterocycles. The number of hydrogen-bond acceptors (Lipinski definition) is 3. The molecular weight excluding hydrogens is 190 g/mol. The molecule has 1 aromatic rings. The van der Waals surface area contributed by atoms with Gasteiger partial charge in [-0.1, -0.05) is 0 Å². The number of aromatic amines is 1. The summed E-state index contributed by atoms with van der Waals surface area (Å²) in [5.41, 5.74) is 0. The van der Waals surface area contributed by atoms with Crippen molar-refractivity contribution in [2.45, 2.75) is 19.3 Å². The lowest BCUT2D eigenvalue weighted by atomic mass is 10.0. The van der Waals surface area contributed by atoms with Gasteiger partial charge in [-0.2, -0.15) is 0 Å². The van der Waals surface area contributed by atoms with Gasteiger partial charge >= 0.3 is 0 Å². The lowest BCUT2D eigenvalue weighted by molar-refractivity contribution is 0.0664. The Morgan fingerprint density at radius 2 is 2.33 bits per heavy atom. The fraction of sp³-hybridized carbons (Fsp3) is 0.727. The summed E-state index contributed by atoms with van der Waals surface area (Å²) in [5.74, 6) is 1.87. The molecule has 15 heavy (non-hydrogen) atoms. The van der Waals surface area contributed by atoms with Crippen LogP contribution in [0.2, 0.25) is 0 Å². The van der Waals surface area contributed by atoms with E-state index in [1.807, 2.05) is 6.20 Å². The van der Waals surface area contributed by atoms with Gasteiger partial charge in [-0.05, 0) is 25.3 Å². The molecule has 0 amide bonds. The van der Waals surface area contributed by atoms with Crippen LogP contribution < -0.4 is 5.32 Å². The maximum absolute atomic E-state index is 5.32. The van der Waals surface area contributed by atoms with Gasteiger partial charge < -0.3 is 15.0 Å². The molecule has 2 heterocycles. The molecule has 2 rings (SSSR count). The number of imidazole rings is 1. The van der Waals surface area contributed by atoms with Gasteiger partial charge in [0.15, 0.2) is 0 Å². The first-order chi connectivity index (χ1) is 7.45. The molecule has 0 atom stereocenters. The van der Waals surface area contributed by atoms with Crippen LogP contribution in [0.1, 0.15) is 18.7 Å². The highest BCUT2D eigenvalue weighted by atomic mass is 16.5. The third-order valence-electron chi connectivity index (χ3n) is 2.87. The van der Waals surface area contributed by atoms with Crippen molar-refractivity contribution in [1.82, 2.24) is 15.3 Å². The summed E-state index contributed by atoms with van der Waals surface area (Å²) >= 11 is 0. The van der Waals surface area contributed by atoms with E-state index in [0.29, 0.717) is 0 Å². The van der Waals surface area contributed by atoms with Crippen LogP contribution in [0.5, 0.6) is 0 Å². The third-order valence-corrected chi connectivity index (χ3v) is 2.87. The first-order valence-electron chi connectivity index (χ1n) is 5.72. The van der Waals surface area contributed by atoms with E-state index in [9.17, 15) is 0 Å². The van der Waals surface area contributed by atoms with Crippen molar-refractivity contribution in [2.24, 2.45) is 5.92 Å². The van der Waals surface area contributed by atoms with E-state index in [1.54, 1.807) is 6.20 Å². The van der Waals surface area contributed by atoms with Crippen LogP contribution in [-0.4, -0.2) is 36.3 Å². The summed E-state index contributed by atoms with van der Waals surface area (Å²) < 4.78 is 5.32. The van der Waals surface area contributed by atoms with E-state index in [0.717, 1.165) is 44.5 Å². The zero-order valence-corrected chi connectivity index (χ0v) is 9.04. The molecular formula is C11H19N3O. The SMILES string of the molecule is c1c[nH]c(CCNCC2CCOCC2)n1. The Balaban J connectivity index is 1.54. The third kappa shape index (κ3) is 3.64. The Kier molecular flexibility index (Phi) is 4.17. The Morgan fingerprint density at radius 1 is 1.47 bits per heavy atom. The second-order valence-corrected chi connectivity index (χ2v) is 4.05. The molecule has 0 saturated carbocycles.